The van der Waals surface area contributed by atoms with Crippen LogP contribution >= 0.6 is 0 Å². The van der Waals surface area contributed by atoms with Crippen molar-refractivity contribution in [2.24, 2.45) is 0 Å². The molecule has 0 aliphatic carbocycles. The Balaban J connectivity index is 1.79. The molecule has 1 aliphatic heterocycles. The quantitative estimate of drug-likeness (QED) is 0.828. The van der Waals surface area contributed by atoms with E-state index in [1.54, 1.807) is 31.2 Å². The molecule has 8 heteroatoms. The number of nitrogens with zero attached hydrogens (tertiary/aromatic N) is 1. The van der Waals surface area contributed by atoms with E-state index < -0.39 is 21.9 Å². The molecule has 2 aromatic rings. The first-order valence-corrected chi connectivity index (χ1v) is 10.7. The summed E-state index contributed by atoms with van der Waals surface area (Å²) in [7, 11) is -1.98. The number of anilines is 1. The average molecular weight is 406 g/mol. The molecule has 28 heavy (non-hydrogen) atoms. The average Bonchev–Trinajstić information content (AvgIpc) is 2.96. The molecule has 0 saturated carbocycles. The number of nitrogens with one attached hydrogen (secondary N) is 1. The van der Waals surface area contributed by atoms with E-state index in [-0.39, 0.29) is 17.7 Å². The lowest BCUT2D eigenvalue weighted by molar-refractivity contribution is 0.0939. The fourth-order valence-corrected chi connectivity index (χ4v) is 4.83. The van der Waals surface area contributed by atoms with Crippen LogP contribution < -0.4 is 14.4 Å². The van der Waals surface area contributed by atoms with Gasteiger partial charge in [0.2, 0.25) is 10.0 Å². The van der Waals surface area contributed by atoms with Crippen LogP contribution in [0.3, 0.4) is 0 Å². The lowest BCUT2D eigenvalue weighted by Gasteiger charge is -2.22. The van der Waals surface area contributed by atoms with Gasteiger partial charge in [0.1, 0.15) is 0 Å². The highest BCUT2D eigenvalue weighted by Gasteiger charge is 2.32. The zero-order valence-electron chi connectivity index (χ0n) is 16.2. The summed E-state index contributed by atoms with van der Waals surface area (Å²) in [6, 6.07) is 8.92. The van der Waals surface area contributed by atoms with Gasteiger partial charge in [-0.15, -0.1) is 0 Å². The van der Waals surface area contributed by atoms with Gasteiger partial charge in [-0.25, -0.2) is 12.8 Å². The highest BCUT2D eigenvalue weighted by molar-refractivity contribution is 7.92. The summed E-state index contributed by atoms with van der Waals surface area (Å²) in [6.07, 6.45) is 1.72. The number of amides is 1. The van der Waals surface area contributed by atoms with E-state index in [0.29, 0.717) is 23.2 Å². The van der Waals surface area contributed by atoms with Crippen LogP contribution in [0.25, 0.3) is 0 Å². The number of hydrogen-bond donors (Lipinski definition) is 1. The summed E-state index contributed by atoms with van der Waals surface area (Å²) in [5.41, 5.74) is 2.47. The first kappa shape index (κ1) is 20.1. The summed E-state index contributed by atoms with van der Waals surface area (Å²) in [5, 5.41) is 2.84. The third kappa shape index (κ3) is 3.82. The molecule has 0 radical (unpaired) electrons. The molecule has 0 fully saturated rings. The maximum absolute atomic E-state index is 13.9. The van der Waals surface area contributed by atoms with Crippen molar-refractivity contribution in [2.45, 2.75) is 32.4 Å². The summed E-state index contributed by atoms with van der Waals surface area (Å²) >= 11 is 0. The minimum absolute atomic E-state index is 0.144. The smallest absolute Gasteiger partial charge is 0.251 e. The fourth-order valence-electron chi connectivity index (χ4n) is 3.56. The minimum atomic E-state index is -3.38. The second kappa shape index (κ2) is 7.43. The van der Waals surface area contributed by atoms with Crippen molar-refractivity contribution >= 4 is 21.6 Å². The Morgan fingerprint density at radius 2 is 2.00 bits per heavy atom. The molecule has 1 N–H and O–H groups in total. The van der Waals surface area contributed by atoms with Crippen LogP contribution in [0.4, 0.5) is 10.1 Å². The number of methoxy groups -OCH3 is 1. The third-order valence-electron chi connectivity index (χ3n) is 4.88. The molecule has 2 atom stereocenters. The Morgan fingerprint density at radius 1 is 1.29 bits per heavy atom. The number of fused-ring (bicyclic) bond motifs is 1. The van der Waals surface area contributed by atoms with Crippen molar-refractivity contribution in [1.82, 2.24) is 5.32 Å². The summed E-state index contributed by atoms with van der Waals surface area (Å²) in [4.78, 5) is 12.6. The molecule has 1 amide bonds. The number of carbonyl (C=O) groups excluding carboxylic acids is 1. The summed E-state index contributed by atoms with van der Waals surface area (Å²) in [5.74, 6) is -0.657. The maximum Gasteiger partial charge on any atom is 0.251 e. The molecule has 1 aliphatic rings. The molecule has 3 rings (SSSR count). The standard InChI is InChI=1S/C20H23FN2O4S/c1-12-9-16-10-15(5-7-18(16)23(12)28(4,25)26)20(24)22-13(2)14-6-8-19(27-3)17(21)11-14/h5-8,10-13H,9H2,1-4H3,(H,22,24)/t12-,13-/m0/s1. The second-order valence-corrected chi connectivity index (χ2v) is 8.90. The molecule has 0 unspecified atom stereocenters. The first-order valence-electron chi connectivity index (χ1n) is 8.88. The second-order valence-electron chi connectivity index (χ2n) is 7.04. The van der Waals surface area contributed by atoms with Gasteiger partial charge in [0.05, 0.1) is 25.1 Å². The van der Waals surface area contributed by atoms with E-state index in [0.717, 1.165) is 5.56 Å². The van der Waals surface area contributed by atoms with Crippen molar-refractivity contribution in [1.29, 1.82) is 0 Å². The van der Waals surface area contributed by atoms with Crippen LogP contribution in [0.1, 0.15) is 41.4 Å². The normalized spacial score (nSPS) is 17.2. The monoisotopic (exact) mass is 406 g/mol. The topological polar surface area (TPSA) is 75.7 Å². The van der Waals surface area contributed by atoms with Crippen LogP contribution in [0.15, 0.2) is 36.4 Å². The molecule has 1 heterocycles. The Kier molecular flexibility index (Phi) is 5.34. The molecule has 0 spiro atoms. The van der Waals surface area contributed by atoms with Crippen molar-refractivity contribution in [3.05, 3.63) is 58.9 Å². The summed E-state index contributed by atoms with van der Waals surface area (Å²) < 4.78 is 44.2. The first-order chi connectivity index (χ1) is 13.1. The predicted molar refractivity (Wildman–Crippen MR) is 106 cm³/mol. The Labute approximate surface area is 164 Å². The number of sulfonamides is 1. The predicted octanol–water partition coefficient (Wildman–Crippen LogP) is 3.04. The van der Waals surface area contributed by atoms with E-state index in [2.05, 4.69) is 5.32 Å². The van der Waals surface area contributed by atoms with Gasteiger partial charge < -0.3 is 10.1 Å². The number of ether oxygens (including phenoxy) is 1. The van der Waals surface area contributed by atoms with Gasteiger partial charge >= 0.3 is 0 Å². The number of carbonyl (C=O) groups is 1. The van der Waals surface area contributed by atoms with E-state index in [9.17, 15) is 17.6 Å². The Hall–Kier alpha value is -2.61. The molecule has 6 nitrogen and oxygen atoms in total. The third-order valence-corrected chi connectivity index (χ3v) is 6.15. The lowest BCUT2D eigenvalue weighted by Crippen LogP contribution is -2.34. The highest BCUT2D eigenvalue weighted by Crippen LogP contribution is 2.34. The number of rotatable bonds is 5. The minimum Gasteiger partial charge on any atom is -0.494 e. The van der Waals surface area contributed by atoms with Crippen molar-refractivity contribution in [2.75, 3.05) is 17.7 Å². The molecular formula is C20H23FN2O4S. The van der Waals surface area contributed by atoms with Gasteiger partial charge in [-0.1, -0.05) is 6.07 Å². The van der Waals surface area contributed by atoms with Crippen LogP contribution in [-0.2, 0) is 16.4 Å². The summed E-state index contributed by atoms with van der Waals surface area (Å²) in [6.45, 7) is 3.60. The SMILES string of the molecule is COc1ccc([C@H](C)NC(=O)c2ccc3c(c2)C[C@H](C)N3S(C)(=O)=O)cc1F. The van der Waals surface area contributed by atoms with Gasteiger partial charge in [-0.05, 0) is 61.7 Å². The van der Waals surface area contributed by atoms with Gasteiger partial charge in [-0.3, -0.25) is 9.10 Å². The molecular weight excluding hydrogens is 383 g/mol. The number of halogens is 1. The van der Waals surface area contributed by atoms with E-state index in [4.69, 9.17) is 4.74 Å². The van der Waals surface area contributed by atoms with Crippen LogP contribution in [0.2, 0.25) is 0 Å². The van der Waals surface area contributed by atoms with E-state index in [1.165, 1.54) is 29.8 Å². The van der Waals surface area contributed by atoms with Crippen LogP contribution in [0.5, 0.6) is 5.75 Å². The van der Waals surface area contributed by atoms with Crippen LogP contribution in [-0.4, -0.2) is 33.7 Å². The highest BCUT2D eigenvalue weighted by atomic mass is 32.2. The zero-order chi connectivity index (χ0) is 20.6. The zero-order valence-corrected chi connectivity index (χ0v) is 17.0. The van der Waals surface area contributed by atoms with Gasteiger partial charge in [0, 0.05) is 11.6 Å². The largest absolute Gasteiger partial charge is 0.494 e. The Bertz CT molecular complexity index is 1020. The van der Waals surface area contributed by atoms with Crippen molar-refractivity contribution in [3.63, 3.8) is 0 Å². The molecule has 0 saturated heterocycles. The van der Waals surface area contributed by atoms with E-state index in [1.807, 2.05) is 6.92 Å². The fraction of sp³-hybridized carbons (Fsp3) is 0.350. The number of benzene rings is 2. The lowest BCUT2D eigenvalue weighted by atomic mass is 10.0. The Morgan fingerprint density at radius 3 is 2.61 bits per heavy atom. The molecule has 0 bridgehead atoms. The molecule has 2 aromatic carbocycles. The van der Waals surface area contributed by atoms with Crippen LogP contribution in [0, 0.1) is 5.82 Å². The molecule has 150 valence electrons. The molecule has 0 aromatic heterocycles. The van der Waals surface area contributed by atoms with Gasteiger partial charge in [0.25, 0.3) is 5.91 Å². The van der Waals surface area contributed by atoms with Crippen molar-refractivity contribution in [3.8, 4) is 5.75 Å². The number of hydrogen-bond acceptors (Lipinski definition) is 4. The van der Waals surface area contributed by atoms with Gasteiger partial charge in [0.15, 0.2) is 11.6 Å². The van der Waals surface area contributed by atoms with Gasteiger partial charge in [-0.2, -0.15) is 0 Å². The maximum atomic E-state index is 13.9. The van der Waals surface area contributed by atoms with Crippen molar-refractivity contribution < 1.29 is 22.3 Å². The van der Waals surface area contributed by atoms with E-state index >= 15 is 0 Å².